The highest BCUT2D eigenvalue weighted by molar-refractivity contribution is 6.02. The smallest absolute Gasteiger partial charge is 0.253 e. The lowest BCUT2D eigenvalue weighted by atomic mass is 9.93. The Hall–Kier alpha value is -3.40. The van der Waals surface area contributed by atoms with Gasteiger partial charge in [-0.2, -0.15) is 10.2 Å². The number of carbonyl (C=O) groups is 2. The van der Waals surface area contributed by atoms with Gasteiger partial charge in [-0.15, -0.1) is 0 Å². The molecule has 1 aliphatic carbocycles. The summed E-state index contributed by atoms with van der Waals surface area (Å²) in [5.74, 6) is 0.181. The molecule has 34 heavy (non-hydrogen) atoms. The Bertz CT molecular complexity index is 1270. The SMILES string of the molecule is C[C@H]1[C@@H]2CN(C(=O)C(C)(C)O)C[C@H]2C[C@H]1Nc1c(C(N)=O)cnn2cc(-c3ccnn3C)cc12. The third kappa shape index (κ3) is 3.62. The van der Waals surface area contributed by atoms with E-state index in [0.29, 0.717) is 36.2 Å². The number of nitrogens with two attached hydrogens (primary N) is 1. The minimum atomic E-state index is -1.36. The van der Waals surface area contributed by atoms with Crippen molar-refractivity contribution in [2.45, 2.75) is 38.8 Å². The number of amides is 2. The van der Waals surface area contributed by atoms with Crippen molar-refractivity contribution in [3.8, 4) is 11.3 Å². The standard InChI is InChI=1S/C24H31N7O3/c1-13-17-12-30(23(33)24(2,3)34)10-14(17)7-18(13)28-21-16(22(25)32)9-27-31-11-15(8-20(21)31)19-5-6-26-29(19)4/h5-6,8-9,11,13-14,17-18,28,34H,7,10,12H2,1-4H3,(H2,25,32)/t13-,14+,17-,18+/m0/s1. The molecule has 10 heteroatoms. The Labute approximate surface area is 197 Å². The van der Waals surface area contributed by atoms with E-state index in [9.17, 15) is 14.7 Å². The number of primary amides is 1. The monoisotopic (exact) mass is 465 g/mol. The van der Waals surface area contributed by atoms with Crippen LogP contribution in [0.25, 0.3) is 16.8 Å². The predicted octanol–water partition coefficient (Wildman–Crippen LogP) is 1.50. The molecule has 0 bridgehead atoms. The van der Waals surface area contributed by atoms with E-state index in [1.54, 1.807) is 20.3 Å². The highest BCUT2D eigenvalue weighted by Gasteiger charge is 2.48. The summed E-state index contributed by atoms with van der Waals surface area (Å²) in [5.41, 5.74) is 8.04. The first-order chi connectivity index (χ1) is 16.0. The van der Waals surface area contributed by atoms with Crippen LogP contribution in [0.4, 0.5) is 5.69 Å². The fraction of sp³-hybridized carbons (Fsp3) is 0.500. The maximum absolute atomic E-state index is 12.6. The van der Waals surface area contributed by atoms with Gasteiger partial charge in [-0.3, -0.25) is 14.3 Å². The summed E-state index contributed by atoms with van der Waals surface area (Å²) >= 11 is 0. The van der Waals surface area contributed by atoms with E-state index in [0.717, 1.165) is 23.2 Å². The number of likely N-dealkylation sites (tertiary alicyclic amines) is 1. The highest BCUT2D eigenvalue weighted by atomic mass is 16.3. The molecule has 1 aliphatic heterocycles. The average molecular weight is 466 g/mol. The van der Waals surface area contributed by atoms with Gasteiger partial charge in [0.25, 0.3) is 11.8 Å². The lowest BCUT2D eigenvalue weighted by Gasteiger charge is -2.28. The Morgan fingerprint density at radius 2 is 2.03 bits per heavy atom. The first kappa shape index (κ1) is 22.4. The van der Waals surface area contributed by atoms with Crippen LogP contribution >= 0.6 is 0 Å². The molecule has 5 rings (SSSR count). The maximum Gasteiger partial charge on any atom is 0.253 e. The Balaban J connectivity index is 1.43. The summed E-state index contributed by atoms with van der Waals surface area (Å²) in [4.78, 5) is 26.6. The Morgan fingerprint density at radius 1 is 1.26 bits per heavy atom. The summed E-state index contributed by atoms with van der Waals surface area (Å²) in [6, 6.07) is 4.04. The molecule has 1 saturated carbocycles. The molecule has 4 heterocycles. The van der Waals surface area contributed by atoms with Crippen LogP contribution in [-0.2, 0) is 11.8 Å². The number of aryl methyl sites for hydroxylation is 1. The molecule has 2 aliphatic rings. The average Bonchev–Trinajstić information content (AvgIpc) is 3.52. The van der Waals surface area contributed by atoms with Crippen molar-refractivity contribution in [2.75, 3.05) is 18.4 Å². The molecule has 0 radical (unpaired) electrons. The molecule has 10 nitrogen and oxygen atoms in total. The number of rotatable bonds is 5. The van der Waals surface area contributed by atoms with Gasteiger partial charge >= 0.3 is 0 Å². The minimum Gasteiger partial charge on any atom is -0.381 e. The molecule has 1 saturated heterocycles. The lowest BCUT2D eigenvalue weighted by molar-refractivity contribution is -0.147. The van der Waals surface area contributed by atoms with Crippen LogP contribution in [0.1, 0.15) is 37.6 Å². The van der Waals surface area contributed by atoms with Crippen LogP contribution in [0, 0.1) is 17.8 Å². The fourth-order valence-corrected chi connectivity index (χ4v) is 5.70. The van der Waals surface area contributed by atoms with Crippen LogP contribution in [-0.4, -0.2) is 65.9 Å². The number of fused-ring (bicyclic) bond motifs is 2. The third-order valence-electron chi connectivity index (χ3n) is 7.52. The molecule has 180 valence electrons. The number of hydrogen-bond acceptors (Lipinski definition) is 6. The molecule has 0 unspecified atom stereocenters. The zero-order chi connectivity index (χ0) is 24.4. The van der Waals surface area contributed by atoms with E-state index >= 15 is 0 Å². The Kier molecular flexibility index (Phi) is 5.16. The zero-order valence-corrected chi connectivity index (χ0v) is 19.9. The molecule has 0 aromatic carbocycles. The van der Waals surface area contributed by atoms with Crippen molar-refractivity contribution >= 4 is 23.0 Å². The molecule has 3 aromatic rings. The van der Waals surface area contributed by atoms with E-state index in [1.807, 2.05) is 25.4 Å². The number of anilines is 1. The van der Waals surface area contributed by atoms with Gasteiger partial charge in [-0.05, 0) is 50.2 Å². The number of aliphatic hydroxyl groups is 1. The van der Waals surface area contributed by atoms with Gasteiger partial charge in [0.05, 0.1) is 28.7 Å². The minimum absolute atomic E-state index is 0.119. The van der Waals surface area contributed by atoms with E-state index < -0.39 is 11.5 Å². The van der Waals surface area contributed by atoms with E-state index in [-0.39, 0.29) is 17.9 Å². The fourth-order valence-electron chi connectivity index (χ4n) is 5.70. The van der Waals surface area contributed by atoms with Gasteiger partial charge in [0.15, 0.2) is 0 Å². The molecule has 2 fully saturated rings. The quantitative estimate of drug-likeness (QED) is 0.523. The van der Waals surface area contributed by atoms with E-state index in [2.05, 4.69) is 22.4 Å². The van der Waals surface area contributed by atoms with Gasteiger partial charge in [0, 0.05) is 44.1 Å². The summed E-state index contributed by atoms with van der Waals surface area (Å²) in [7, 11) is 1.88. The van der Waals surface area contributed by atoms with E-state index in [1.165, 1.54) is 20.0 Å². The van der Waals surface area contributed by atoms with Crippen LogP contribution in [0.15, 0.2) is 30.7 Å². The van der Waals surface area contributed by atoms with E-state index in [4.69, 9.17) is 5.73 Å². The molecular formula is C24H31N7O3. The van der Waals surface area contributed by atoms with Gasteiger partial charge in [-0.25, -0.2) is 4.52 Å². The van der Waals surface area contributed by atoms with Crippen molar-refractivity contribution in [3.05, 3.63) is 36.3 Å². The van der Waals surface area contributed by atoms with Crippen molar-refractivity contribution in [1.82, 2.24) is 24.3 Å². The number of nitrogens with one attached hydrogen (secondary N) is 1. The molecule has 4 atom stereocenters. The third-order valence-corrected chi connectivity index (χ3v) is 7.52. The summed E-state index contributed by atoms with van der Waals surface area (Å²) in [5, 5.41) is 22.4. The van der Waals surface area contributed by atoms with Gasteiger partial charge < -0.3 is 21.1 Å². The predicted molar refractivity (Wildman–Crippen MR) is 127 cm³/mol. The molecule has 0 spiro atoms. The topological polar surface area (TPSA) is 131 Å². The summed E-state index contributed by atoms with van der Waals surface area (Å²) in [6.45, 7) is 6.53. The number of hydrogen-bond donors (Lipinski definition) is 3. The number of nitrogens with zero attached hydrogens (tertiary/aromatic N) is 5. The maximum atomic E-state index is 12.6. The lowest BCUT2D eigenvalue weighted by Crippen LogP contribution is -2.45. The molecule has 4 N–H and O–H groups in total. The molecule has 2 amide bonds. The normalized spacial score (nSPS) is 24.6. The van der Waals surface area contributed by atoms with Crippen molar-refractivity contribution < 1.29 is 14.7 Å². The van der Waals surface area contributed by atoms with Crippen LogP contribution in [0.5, 0.6) is 0 Å². The largest absolute Gasteiger partial charge is 0.381 e. The van der Waals surface area contributed by atoms with Crippen LogP contribution in [0.3, 0.4) is 0 Å². The van der Waals surface area contributed by atoms with Gasteiger partial charge in [0.1, 0.15) is 5.60 Å². The van der Waals surface area contributed by atoms with Crippen LogP contribution < -0.4 is 11.1 Å². The summed E-state index contributed by atoms with van der Waals surface area (Å²) in [6.07, 6.45) is 6.03. The van der Waals surface area contributed by atoms with Gasteiger partial charge in [0.2, 0.25) is 0 Å². The second kappa shape index (κ2) is 7.83. The van der Waals surface area contributed by atoms with Gasteiger partial charge in [-0.1, -0.05) is 6.92 Å². The number of carbonyl (C=O) groups excluding carboxylic acids is 2. The number of aromatic nitrogens is 4. The van der Waals surface area contributed by atoms with Crippen molar-refractivity contribution in [1.29, 1.82) is 0 Å². The van der Waals surface area contributed by atoms with Crippen LogP contribution in [0.2, 0.25) is 0 Å². The zero-order valence-electron chi connectivity index (χ0n) is 19.9. The first-order valence-corrected chi connectivity index (χ1v) is 11.6. The second-order valence-electron chi connectivity index (χ2n) is 10.2. The highest BCUT2D eigenvalue weighted by Crippen LogP contribution is 2.44. The first-order valence-electron chi connectivity index (χ1n) is 11.6. The molecule has 3 aromatic heterocycles. The second-order valence-corrected chi connectivity index (χ2v) is 10.2. The van der Waals surface area contributed by atoms with Crippen molar-refractivity contribution in [3.63, 3.8) is 0 Å². The molecular weight excluding hydrogens is 434 g/mol. The summed E-state index contributed by atoms with van der Waals surface area (Å²) < 4.78 is 3.54. The van der Waals surface area contributed by atoms with Crippen molar-refractivity contribution in [2.24, 2.45) is 30.5 Å². The Morgan fingerprint density at radius 3 is 2.65 bits per heavy atom.